The molecule has 1 heterocycles. The van der Waals surface area contributed by atoms with Gasteiger partial charge in [-0.2, -0.15) is 0 Å². The maximum atomic E-state index is 4.22. The quantitative estimate of drug-likeness (QED) is 0.886. The molecular weight excluding hydrogens is 222 g/mol. The molecule has 3 nitrogen and oxygen atoms in total. The first-order valence-corrected chi connectivity index (χ1v) is 7.01. The van der Waals surface area contributed by atoms with Gasteiger partial charge in [-0.3, -0.25) is 9.88 Å². The van der Waals surface area contributed by atoms with Gasteiger partial charge in [-0.15, -0.1) is 0 Å². The van der Waals surface area contributed by atoms with Crippen molar-refractivity contribution in [3.8, 4) is 0 Å². The van der Waals surface area contributed by atoms with Gasteiger partial charge in [0.25, 0.3) is 0 Å². The minimum absolute atomic E-state index is 0.454. The third-order valence-corrected chi connectivity index (χ3v) is 4.46. The van der Waals surface area contributed by atoms with Crippen molar-refractivity contribution in [1.29, 1.82) is 0 Å². The Morgan fingerprint density at radius 3 is 2.61 bits per heavy atom. The summed E-state index contributed by atoms with van der Waals surface area (Å²) in [4.78, 5) is 6.74. The average Bonchev–Trinajstić information content (AvgIpc) is 2.47. The highest BCUT2D eigenvalue weighted by Crippen LogP contribution is 2.28. The van der Waals surface area contributed by atoms with Gasteiger partial charge in [-0.05, 0) is 58.3 Å². The van der Waals surface area contributed by atoms with Crippen LogP contribution in [0.25, 0.3) is 0 Å². The van der Waals surface area contributed by atoms with Crippen molar-refractivity contribution in [3.63, 3.8) is 0 Å². The lowest BCUT2D eigenvalue weighted by atomic mass is 9.89. The summed E-state index contributed by atoms with van der Waals surface area (Å²) >= 11 is 0. The molecule has 0 radical (unpaired) electrons. The van der Waals surface area contributed by atoms with E-state index in [0.29, 0.717) is 12.1 Å². The van der Waals surface area contributed by atoms with Crippen LogP contribution in [0.1, 0.15) is 44.2 Å². The van der Waals surface area contributed by atoms with E-state index in [2.05, 4.69) is 42.3 Å². The molecule has 0 saturated heterocycles. The van der Waals surface area contributed by atoms with Crippen LogP contribution in [-0.4, -0.2) is 36.1 Å². The van der Waals surface area contributed by atoms with Gasteiger partial charge < -0.3 is 5.32 Å². The van der Waals surface area contributed by atoms with Gasteiger partial charge in [-0.25, -0.2) is 0 Å². The Labute approximate surface area is 111 Å². The van der Waals surface area contributed by atoms with E-state index in [1.165, 1.54) is 31.2 Å². The highest BCUT2D eigenvalue weighted by Gasteiger charge is 2.26. The molecule has 0 bridgehead atoms. The summed E-state index contributed by atoms with van der Waals surface area (Å²) in [6.45, 7) is 2.28. The molecule has 1 N–H and O–H groups in total. The predicted molar refractivity (Wildman–Crippen MR) is 75.5 cm³/mol. The highest BCUT2D eigenvalue weighted by atomic mass is 15.2. The second kappa shape index (κ2) is 6.30. The van der Waals surface area contributed by atoms with Crippen molar-refractivity contribution in [1.82, 2.24) is 15.2 Å². The summed E-state index contributed by atoms with van der Waals surface area (Å²) < 4.78 is 0. The van der Waals surface area contributed by atoms with E-state index >= 15 is 0 Å². The van der Waals surface area contributed by atoms with Gasteiger partial charge in [-0.1, -0.05) is 6.07 Å². The van der Waals surface area contributed by atoms with Crippen molar-refractivity contribution in [2.75, 3.05) is 14.1 Å². The van der Waals surface area contributed by atoms with Gasteiger partial charge in [0.2, 0.25) is 0 Å². The molecule has 1 aromatic rings. The van der Waals surface area contributed by atoms with E-state index < -0.39 is 0 Å². The molecule has 1 aromatic heterocycles. The van der Waals surface area contributed by atoms with E-state index in [4.69, 9.17) is 0 Å². The third-order valence-electron chi connectivity index (χ3n) is 4.46. The Morgan fingerprint density at radius 1 is 1.33 bits per heavy atom. The molecule has 1 aliphatic rings. The van der Waals surface area contributed by atoms with E-state index in [9.17, 15) is 0 Å². The molecule has 0 amide bonds. The largest absolute Gasteiger partial charge is 0.317 e. The lowest BCUT2D eigenvalue weighted by Gasteiger charge is -2.38. The first-order chi connectivity index (χ1) is 8.72. The van der Waals surface area contributed by atoms with Crippen LogP contribution in [0.4, 0.5) is 0 Å². The Bertz CT molecular complexity index is 344. The van der Waals surface area contributed by atoms with Crippen LogP contribution in [0.3, 0.4) is 0 Å². The molecular formula is C15H25N3. The van der Waals surface area contributed by atoms with E-state index in [1.54, 1.807) is 0 Å². The summed E-state index contributed by atoms with van der Waals surface area (Å²) in [5.74, 6) is 0. The Hall–Kier alpha value is -0.930. The topological polar surface area (TPSA) is 28.2 Å². The Morgan fingerprint density at radius 2 is 2.06 bits per heavy atom. The SMILES string of the molecule is CNC1CCC(N(C)C(C)c2cccnc2)CC1. The predicted octanol–water partition coefficient (Wildman–Crippen LogP) is 2.61. The highest BCUT2D eigenvalue weighted by molar-refractivity contribution is 5.13. The fourth-order valence-corrected chi connectivity index (χ4v) is 2.95. The number of nitrogens with zero attached hydrogens (tertiary/aromatic N) is 2. The van der Waals surface area contributed by atoms with Crippen LogP contribution < -0.4 is 5.32 Å². The summed E-state index contributed by atoms with van der Waals surface area (Å²) in [6, 6.07) is 6.09. The summed E-state index contributed by atoms with van der Waals surface area (Å²) in [5, 5.41) is 3.40. The molecule has 1 aliphatic carbocycles. The number of rotatable bonds is 4. The zero-order valence-electron chi connectivity index (χ0n) is 11.8. The first kappa shape index (κ1) is 13.5. The normalized spacial score (nSPS) is 26.2. The molecule has 1 saturated carbocycles. The minimum atomic E-state index is 0.454. The second-order valence-corrected chi connectivity index (χ2v) is 5.42. The van der Waals surface area contributed by atoms with Gasteiger partial charge in [0.15, 0.2) is 0 Å². The first-order valence-electron chi connectivity index (χ1n) is 7.01. The number of aromatic nitrogens is 1. The number of nitrogens with one attached hydrogen (secondary N) is 1. The third kappa shape index (κ3) is 3.09. The number of pyridine rings is 1. The molecule has 1 fully saturated rings. The van der Waals surface area contributed by atoms with Crippen LogP contribution >= 0.6 is 0 Å². The molecule has 2 rings (SSSR count). The van der Waals surface area contributed by atoms with Crippen molar-refractivity contribution < 1.29 is 0 Å². The van der Waals surface area contributed by atoms with Crippen LogP contribution in [0.5, 0.6) is 0 Å². The molecule has 0 aliphatic heterocycles. The summed E-state index contributed by atoms with van der Waals surface area (Å²) in [7, 11) is 4.33. The van der Waals surface area contributed by atoms with Gasteiger partial charge in [0.1, 0.15) is 0 Å². The molecule has 0 spiro atoms. The summed E-state index contributed by atoms with van der Waals surface area (Å²) in [6.07, 6.45) is 9.02. The zero-order chi connectivity index (χ0) is 13.0. The van der Waals surface area contributed by atoms with E-state index in [1.807, 2.05) is 18.5 Å². The van der Waals surface area contributed by atoms with Gasteiger partial charge >= 0.3 is 0 Å². The van der Waals surface area contributed by atoms with Crippen LogP contribution in [-0.2, 0) is 0 Å². The Kier molecular flexibility index (Phi) is 4.72. The molecule has 1 atom stereocenters. The molecule has 1 unspecified atom stereocenters. The van der Waals surface area contributed by atoms with Gasteiger partial charge in [0.05, 0.1) is 0 Å². The second-order valence-electron chi connectivity index (χ2n) is 5.42. The van der Waals surface area contributed by atoms with Crippen LogP contribution in [0.15, 0.2) is 24.5 Å². The standard InChI is InChI=1S/C15H25N3/c1-12(13-5-4-10-17-11-13)18(3)15-8-6-14(16-2)7-9-15/h4-5,10-12,14-16H,6-9H2,1-3H3. The zero-order valence-corrected chi connectivity index (χ0v) is 11.8. The van der Waals surface area contributed by atoms with E-state index in [-0.39, 0.29) is 0 Å². The van der Waals surface area contributed by atoms with Crippen molar-refractivity contribution in [3.05, 3.63) is 30.1 Å². The monoisotopic (exact) mass is 247 g/mol. The number of hydrogen-bond donors (Lipinski definition) is 1. The van der Waals surface area contributed by atoms with Crippen LogP contribution in [0.2, 0.25) is 0 Å². The number of hydrogen-bond acceptors (Lipinski definition) is 3. The molecule has 0 aromatic carbocycles. The molecule has 18 heavy (non-hydrogen) atoms. The fraction of sp³-hybridized carbons (Fsp3) is 0.667. The average molecular weight is 247 g/mol. The van der Waals surface area contributed by atoms with Crippen molar-refractivity contribution in [2.24, 2.45) is 0 Å². The summed E-state index contributed by atoms with van der Waals surface area (Å²) in [5.41, 5.74) is 1.32. The minimum Gasteiger partial charge on any atom is -0.317 e. The fourth-order valence-electron chi connectivity index (χ4n) is 2.95. The van der Waals surface area contributed by atoms with Crippen LogP contribution in [0, 0.1) is 0 Å². The molecule has 3 heteroatoms. The Balaban J connectivity index is 1.93. The molecule has 100 valence electrons. The lowest BCUT2D eigenvalue weighted by molar-refractivity contribution is 0.136. The smallest absolute Gasteiger partial charge is 0.0335 e. The van der Waals surface area contributed by atoms with E-state index in [0.717, 1.165) is 6.04 Å². The maximum Gasteiger partial charge on any atom is 0.0335 e. The van der Waals surface area contributed by atoms with Gasteiger partial charge in [0, 0.05) is 30.5 Å². The lowest BCUT2D eigenvalue weighted by Crippen LogP contribution is -2.40. The maximum absolute atomic E-state index is 4.22. The van der Waals surface area contributed by atoms with Crippen molar-refractivity contribution in [2.45, 2.75) is 50.7 Å². The van der Waals surface area contributed by atoms with Crippen molar-refractivity contribution >= 4 is 0 Å².